The second kappa shape index (κ2) is 5.51. The Kier molecular flexibility index (Phi) is 4.02. The maximum absolute atomic E-state index is 9.28. The van der Waals surface area contributed by atoms with E-state index in [1.807, 2.05) is 49.4 Å². The lowest BCUT2D eigenvalue weighted by Gasteiger charge is -2.10. The summed E-state index contributed by atoms with van der Waals surface area (Å²) in [6.07, 6.45) is 0. The zero-order valence-corrected chi connectivity index (χ0v) is 11.6. The molecule has 3 heteroatoms. The van der Waals surface area contributed by atoms with Gasteiger partial charge in [-0.15, -0.1) is 0 Å². The molecule has 0 aromatic heterocycles. The van der Waals surface area contributed by atoms with E-state index in [1.54, 1.807) is 0 Å². The van der Waals surface area contributed by atoms with E-state index >= 15 is 0 Å². The SMILES string of the molecule is Cc1ccc(Oc2ccc(I)cc2)c(CO)c1. The van der Waals surface area contributed by atoms with Gasteiger partial charge in [0.25, 0.3) is 0 Å². The molecule has 0 saturated carbocycles. The molecule has 2 rings (SSSR count). The Balaban J connectivity index is 2.26. The number of aryl methyl sites for hydroxylation is 1. The summed E-state index contributed by atoms with van der Waals surface area (Å²) in [5.74, 6) is 1.49. The highest BCUT2D eigenvalue weighted by Gasteiger charge is 2.04. The summed E-state index contributed by atoms with van der Waals surface area (Å²) in [7, 11) is 0. The van der Waals surface area contributed by atoms with E-state index in [1.165, 1.54) is 3.57 Å². The minimum Gasteiger partial charge on any atom is -0.457 e. The van der Waals surface area contributed by atoms with E-state index < -0.39 is 0 Å². The molecule has 0 aliphatic rings. The van der Waals surface area contributed by atoms with Crippen LogP contribution in [0.1, 0.15) is 11.1 Å². The lowest BCUT2D eigenvalue weighted by Crippen LogP contribution is -1.92. The van der Waals surface area contributed by atoms with Gasteiger partial charge in [-0.2, -0.15) is 0 Å². The summed E-state index contributed by atoms with van der Waals surface area (Å²) >= 11 is 2.25. The van der Waals surface area contributed by atoms with E-state index in [2.05, 4.69) is 22.6 Å². The standard InChI is InChI=1S/C14H13IO2/c1-10-2-7-14(11(8-10)9-16)17-13-5-3-12(15)4-6-13/h2-8,16H,9H2,1H3. The van der Waals surface area contributed by atoms with Crippen LogP contribution in [0, 0.1) is 10.5 Å². The molecule has 0 unspecified atom stereocenters. The minimum absolute atomic E-state index is 0.0125. The molecule has 0 heterocycles. The summed E-state index contributed by atoms with van der Waals surface area (Å²) in [6.45, 7) is 1.98. The number of halogens is 1. The summed E-state index contributed by atoms with van der Waals surface area (Å²) in [5, 5.41) is 9.28. The molecule has 0 amide bonds. The molecule has 0 spiro atoms. The van der Waals surface area contributed by atoms with Crippen molar-refractivity contribution in [1.82, 2.24) is 0 Å². The molecule has 0 aliphatic heterocycles. The number of aliphatic hydroxyl groups excluding tert-OH is 1. The van der Waals surface area contributed by atoms with Crippen LogP contribution in [0.3, 0.4) is 0 Å². The molecule has 0 bridgehead atoms. The highest BCUT2D eigenvalue weighted by atomic mass is 127. The van der Waals surface area contributed by atoms with Gasteiger partial charge in [-0.05, 0) is 59.8 Å². The third-order valence-electron chi connectivity index (χ3n) is 2.43. The maximum atomic E-state index is 9.28. The van der Waals surface area contributed by atoms with E-state index in [-0.39, 0.29) is 6.61 Å². The molecular weight excluding hydrogens is 327 g/mol. The smallest absolute Gasteiger partial charge is 0.132 e. The highest BCUT2D eigenvalue weighted by Crippen LogP contribution is 2.26. The van der Waals surface area contributed by atoms with Gasteiger partial charge in [0, 0.05) is 9.13 Å². The van der Waals surface area contributed by atoms with Crippen molar-refractivity contribution in [2.24, 2.45) is 0 Å². The van der Waals surface area contributed by atoms with Gasteiger partial charge in [-0.25, -0.2) is 0 Å². The van der Waals surface area contributed by atoms with E-state index in [0.717, 1.165) is 16.9 Å². The number of ether oxygens (including phenoxy) is 1. The third-order valence-corrected chi connectivity index (χ3v) is 3.15. The maximum Gasteiger partial charge on any atom is 0.132 e. The molecule has 0 fully saturated rings. The molecule has 0 saturated heterocycles. The van der Waals surface area contributed by atoms with Crippen LogP contribution in [0.2, 0.25) is 0 Å². The van der Waals surface area contributed by atoms with Crippen molar-refractivity contribution in [2.45, 2.75) is 13.5 Å². The van der Waals surface area contributed by atoms with Crippen LogP contribution in [0.5, 0.6) is 11.5 Å². The van der Waals surface area contributed by atoms with Crippen molar-refractivity contribution in [3.05, 3.63) is 57.2 Å². The van der Waals surface area contributed by atoms with Crippen molar-refractivity contribution in [3.8, 4) is 11.5 Å². The summed E-state index contributed by atoms with van der Waals surface area (Å²) < 4.78 is 6.91. The fourth-order valence-electron chi connectivity index (χ4n) is 1.56. The first-order chi connectivity index (χ1) is 8.19. The largest absolute Gasteiger partial charge is 0.457 e. The van der Waals surface area contributed by atoms with Crippen LogP contribution in [-0.4, -0.2) is 5.11 Å². The quantitative estimate of drug-likeness (QED) is 0.860. The summed E-state index contributed by atoms with van der Waals surface area (Å²) in [4.78, 5) is 0. The molecule has 2 aromatic carbocycles. The topological polar surface area (TPSA) is 29.5 Å². The van der Waals surface area contributed by atoms with Crippen LogP contribution in [0.25, 0.3) is 0 Å². The van der Waals surface area contributed by atoms with E-state index in [9.17, 15) is 5.11 Å². The van der Waals surface area contributed by atoms with Gasteiger partial charge in [0.2, 0.25) is 0 Å². The molecule has 2 aromatic rings. The fourth-order valence-corrected chi connectivity index (χ4v) is 1.92. The monoisotopic (exact) mass is 340 g/mol. The predicted octanol–water partition coefficient (Wildman–Crippen LogP) is 3.88. The van der Waals surface area contributed by atoms with Gasteiger partial charge in [-0.1, -0.05) is 17.7 Å². The Morgan fingerprint density at radius 1 is 1.12 bits per heavy atom. The Hall–Kier alpha value is -1.07. The first kappa shape index (κ1) is 12.4. The molecule has 0 aliphatic carbocycles. The highest BCUT2D eigenvalue weighted by molar-refractivity contribution is 14.1. The Labute approximate surface area is 114 Å². The first-order valence-electron chi connectivity index (χ1n) is 5.33. The Morgan fingerprint density at radius 2 is 1.82 bits per heavy atom. The van der Waals surface area contributed by atoms with Crippen molar-refractivity contribution in [1.29, 1.82) is 0 Å². The zero-order valence-electron chi connectivity index (χ0n) is 9.48. The van der Waals surface area contributed by atoms with Gasteiger partial charge in [0.05, 0.1) is 6.61 Å². The number of aliphatic hydroxyl groups is 1. The van der Waals surface area contributed by atoms with Crippen LogP contribution in [0.15, 0.2) is 42.5 Å². The average Bonchev–Trinajstić information content (AvgIpc) is 2.34. The third kappa shape index (κ3) is 3.20. The molecule has 88 valence electrons. The van der Waals surface area contributed by atoms with Crippen molar-refractivity contribution < 1.29 is 9.84 Å². The first-order valence-corrected chi connectivity index (χ1v) is 6.41. The van der Waals surface area contributed by atoms with Gasteiger partial charge in [0.15, 0.2) is 0 Å². The average molecular weight is 340 g/mol. The zero-order chi connectivity index (χ0) is 12.3. The van der Waals surface area contributed by atoms with Crippen LogP contribution in [-0.2, 0) is 6.61 Å². The molecule has 2 nitrogen and oxygen atoms in total. The normalized spacial score (nSPS) is 10.3. The van der Waals surface area contributed by atoms with Gasteiger partial charge in [-0.3, -0.25) is 0 Å². The lowest BCUT2D eigenvalue weighted by atomic mass is 10.1. The van der Waals surface area contributed by atoms with Crippen molar-refractivity contribution in [2.75, 3.05) is 0 Å². The van der Waals surface area contributed by atoms with Gasteiger partial charge in [0.1, 0.15) is 11.5 Å². The molecule has 0 atom stereocenters. The molecular formula is C14H13IO2. The Bertz CT molecular complexity index is 506. The van der Waals surface area contributed by atoms with Crippen LogP contribution in [0.4, 0.5) is 0 Å². The second-order valence-corrected chi connectivity index (χ2v) is 5.07. The number of rotatable bonds is 3. The molecule has 0 radical (unpaired) electrons. The lowest BCUT2D eigenvalue weighted by molar-refractivity contribution is 0.276. The van der Waals surface area contributed by atoms with Crippen molar-refractivity contribution >= 4 is 22.6 Å². The molecule has 17 heavy (non-hydrogen) atoms. The Morgan fingerprint density at radius 3 is 2.47 bits per heavy atom. The van der Waals surface area contributed by atoms with E-state index in [4.69, 9.17) is 4.74 Å². The number of benzene rings is 2. The van der Waals surface area contributed by atoms with Crippen LogP contribution >= 0.6 is 22.6 Å². The fraction of sp³-hybridized carbons (Fsp3) is 0.143. The van der Waals surface area contributed by atoms with Crippen LogP contribution < -0.4 is 4.74 Å². The minimum atomic E-state index is -0.0125. The second-order valence-electron chi connectivity index (χ2n) is 3.83. The summed E-state index contributed by atoms with van der Waals surface area (Å²) in [5.41, 5.74) is 1.92. The van der Waals surface area contributed by atoms with Crippen molar-refractivity contribution in [3.63, 3.8) is 0 Å². The summed E-state index contributed by atoms with van der Waals surface area (Å²) in [6, 6.07) is 13.6. The number of hydrogen-bond donors (Lipinski definition) is 1. The number of hydrogen-bond acceptors (Lipinski definition) is 2. The molecule has 1 N–H and O–H groups in total. The van der Waals surface area contributed by atoms with Gasteiger partial charge < -0.3 is 9.84 Å². The van der Waals surface area contributed by atoms with E-state index in [0.29, 0.717) is 5.75 Å². The van der Waals surface area contributed by atoms with Gasteiger partial charge >= 0.3 is 0 Å². The predicted molar refractivity (Wildman–Crippen MR) is 76.3 cm³/mol.